The fraction of sp³-hybridized carbons (Fsp3) is 0.348. The molecule has 158 valence electrons. The van der Waals surface area contributed by atoms with Gasteiger partial charge in [0.15, 0.2) is 0 Å². The van der Waals surface area contributed by atoms with Crippen LogP contribution in [-0.4, -0.2) is 48.7 Å². The predicted molar refractivity (Wildman–Crippen MR) is 116 cm³/mol. The van der Waals surface area contributed by atoms with Crippen LogP contribution in [0.3, 0.4) is 0 Å². The smallest absolute Gasteiger partial charge is 0.416 e. The molecule has 7 heteroatoms. The number of cyclic esters (lactones) is 1. The first-order chi connectivity index (χ1) is 14.3. The van der Waals surface area contributed by atoms with Gasteiger partial charge in [0.1, 0.15) is 6.61 Å². The highest BCUT2D eigenvalue weighted by molar-refractivity contribution is 6.91. The third kappa shape index (κ3) is 4.97. The van der Waals surface area contributed by atoms with Gasteiger partial charge in [-0.3, -0.25) is 9.59 Å². The Morgan fingerprint density at radius 3 is 2.27 bits per heavy atom. The summed E-state index contributed by atoms with van der Waals surface area (Å²) in [5.41, 5.74) is 0.676. The Kier molecular flexibility index (Phi) is 6.72. The van der Waals surface area contributed by atoms with Crippen LogP contribution >= 0.6 is 0 Å². The number of carboxylic acid groups (broad SMARTS) is 1. The molecule has 2 aromatic carbocycles. The zero-order chi connectivity index (χ0) is 21.7. The Hall–Kier alpha value is -2.93. The molecule has 1 saturated heterocycles. The summed E-state index contributed by atoms with van der Waals surface area (Å²) in [6, 6.07) is 19.0. The zero-order valence-corrected chi connectivity index (χ0v) is 18.3. The van der Waals surface area contributed by atoms with Crippen molar-refractivity contribution in [2.24, 2.45) is 0 Å². The number of nitrogens with zero attached hydrogens (tertiary/aromatic N) is 1. The third-order valence-corrected chi connectivity index (χ3v) is 10.2. The fourth-order valence-corrected chi connectivity index (χ4v) is 6.90. The predicted octanol–water partition coefficient (Wildman–Crippen LogP) is 3.43. The van der Waals surface area contributed by atoms with Crippen LogP contribution in [-0.2, 0) is 20.7 Å². The second-order valence-corrected chi connectivity index (χ2v) is 13.1. The minimum Gasteiger partial charge on any atom is -0.481 e. The molecule has 0 spiro atoms. The fourth-order valence-electron chi connectivity index (χ4n) is 4.01. The highest BCUT2D eigenvalue weighted by Crippen LogP contribution is 2.31. The summed E-state index contributed by atoms with van der Waals surface area (Å²) in [5, 5.41) is 10.6. The van der Waals surface area contributed by atoms with Crippen molar-refractivity contribution in [1.29, 1.82) is 0 Å². The number of amides is 2. The molecule has 2 amide bonds. The molecule has 0 aliphatic carbocycles. The Labute approximate surface area is 177 Å². The lowest BCUT2D eigenvalue weighted by atomic mass is 10.1. The number of imide groups is 1. The van der Waals surface area contributed by atoms with Crippen LogP contribution in [0.2, 0.25) is 18.6 Å². The molecule has 1 aliphatic heterocycles. The number of aliphatic carboxylic acids is 1. The molecular formula is C23H27NO5Si. The third-order valence-electron chi connectivity index (χ3n) is 5.92. The van der Waals surface area contributed by atoms with Gasteiger partial charge < -0.3 is 9.84 Å². The monoisotopic (exact) mass is 425 g/mol. The van der Waals surface area contributed by atoms with E-state index in [1.165, 1.54) is 4.90 Å². The van der Waals surface area contributed by atoms with Crippen molar-refractivity contribution < 1.29 is 24.2 Å². The van der Waals surface area contributed by atoms with Crippen molar-refractivity contribution in [3.63, 3.8) is 0 Å². The zero-order valence-electron chi connectivity index (χ0n) is 17.3. The minimum absolute atomic E-state index is 0.0147. The number of carbonyl (C=O) groups is 3. The summed E-state index contributed by atoms with van der Waals surface area (Å²) in [5.74, 6) is -1.30. The molecule has 6 nitrogen and oxygen atoms in total. The highest BCUT2D eigenvalue weighted by atomic mass is 28.3. The van der Waals surface area contributed by atoms with Gasteiger partial charge in [-0.15, -0.1) is 0 Å². The molecule has 1 fully saturated rings. The Bertz CT molecular complexity index is 900. The van der Waals surface area contributed by atoms with Crippen LogP contribution in [0.15, 0.2) is 60.7 Å². The molecular weight excluding hydrogens is 398 g/mol. The van der Waals surface area contributed by atoms with Crippen LogP contribution in [0.25, 0.3) is 0 Å². The van der Waals surface area contributed by atoms with E-state index in [9.17, 15) is 19.5 Å². The van der Waals surface area contributed by atoms with Crippen LogP contribution in [0, 0.1) is 0 Å². The summed E-state index contributed by atoms with van der Waals surface area (Å²) < 4.78 is 5.17. The van der Waals surface area contributed by atoms with Crippen molar-refractivity contribution in [3.8, 4) is 0 Å². The number of benzene rings is 2. The molecule has 2 atom stereocenters. The van der Waals surface area contributed by atoms with Crippen molar-refractivity contribution in [1.82, 2.24) is 4.90 Å². The first-order valence-corrected chi connectivity index (χ1v) is 13.2. The molecule has 0 aromatic heterocycles. The van der Waals surface area contributed by atoms with Crippen LogP contribution < -0.4 is 5.19 Å². The van der Waals surface area contributed by atoms with Gasteiger partial charge in [-0.2, -0.15) is 0 Å². The normalized spacial score (nSPS) is 17.5. The average Bonchev–Trinajstić information content (AvgIpc) is 3.08. The maximum Gasteiger partial charge on any atom is 0.416 e. The van der Waals surface area contributed by atoms with E-state index in [4.69, 9.17) is 4.74 Å². The van der Waals surface area contributed by atoms with Crippen LogP contribution in [0.1, 0.15) is 18.4 Å². The first kappa shape index (κ1) is 21.8. The van der Waals surface area contributed by atoms with E-state index in [1.807, 2.05) is 60.7 Å². The topological polar surface area (TPSA) is 83.9 Å². The number of rotatable bonds is 8. The largest absolute Gasteiger partial charge is 0.481 e. The van der Waals surface area contributed by atoms with Crippen LogP contribution in [0.4, 0.5) is 4.79 Å². The molecule has 0 unspecified atom stereocenters. The summed E-state index contributed by atoms with van der Waals surface area (Å²) >= 11 is 0. The molecule has 0 radical (unpaired) electrons. The number of carbonyl (C=O) groups excluding carboxylic acids is 2. The van der Waals surface area contributed by atoms with Gasteiger partial charge >= 0.3 is 12.1 Å². The summed E-state index contributed by atoms with van der Waals surface area (Å²) in [6.45, 7) is 4.31. The van der Waals surface area contributed by atoms with Gasteiger partial charge in [-0.05, 0) is 17.5 Å². The molecule has 30 heavy (non-hydrogen) atoms. The second-order valence-electron chi connectivity index (χ2n) is 8.27. The van der Waals surface area contributed by atoms with Crippen LogP contribution in [0.5, 0.6) is 0 Å². The van der Waals surface area contributed by atoms with Gasteiger partial charge in [0.25, 0.3) is 0 Å². The Morgan fingerprint density at radius 2 is 1.67 bits per heavy atom. The SMILES string of the molecule is C[Si](C)(c1ccccc1)[C@@H](CC(=O)O)CC(=O)N1C(=O)OC[C@@H]1Cc1ccccc1. The first-order valence-electron chi connectivity index (χ1n) is 10.1. The lowest BCUT2D eigenvalue weighted by Gasteiger charge is -2.33. The molecule has 1 N–H and O–H groups in total. The van der Waals surface area contributed by atoms with Crippen molar-refractivity contribution >= 4 is 31.2 Å². The molecule has 1 heterocycles. The standard InChI is InChI=1S/C23H27NO5Si/c1-30(2,19-11-7-4-8-12-19)20(15-22(26)27)14-21(25)24-18(16-29-23(24)28)13-17-9-5-3-6-10-17/h3-12,18,20H,13-16H2,1-2H3,(H,26,27)/t18-,20+/m0/s1. The number of ether oxygens (including phenoxy) is 1. The number of carboxylic acids is 1. The van der Waals surface area contributed by atoms with E-state index in [2.05, 4.69) is 13.1 Å². The van der Waals surface area contributed by atoms with Gasteiger partial charge in [0, 0.05) is 12.8 Å². The van der Waals surface area contributed by atoms with E-state index >= 15 is 0 Å². The lowest BCUT2D eigenvalue weighted by Crippen LogP contribution is -2.49. The maximum atomic E-state index is 13.2. The van der Waals surface area contributed by atoms with Gasteiger partial charge in [-0.25, -0.2) is 9.69 Å². The molecule has 1 aliphatic rings. The van der Waals surface area contributed by atoms with E-state index in [-0.39, 0.29) is 36.9 Å². The second kappa shape index (κ2) is 9.26. The van der Waals surface area contributed by atoms with Gasteiger partial charge in [-0.1, -0.05) is 78.9 Å². The molecule has 2 aromatic rings. The Balaban J connectivity index is 1.80. The quantitative estimate of drug-likeness (QED) is 0.655. The van der Waals surface area contributed by atoms with E-state index in [0.717, 1.165) is 10.8 Å². The average molecular weight is 426 g/mol. The Morgan fingerprint density at radius 1 is 1.07 bits per heavy atom. The highest BCUT2D eigenvalue weighted by Gasteiger charge is 2.42. The number of hydrogen-bond donors (Lipinski definition) is 1. The van der Waals surface area contributed by atoms with E-state index in [1.54, 1.807) is 0 Å². The summed E-state index contributed by atoms with van der Waals surface area (Å²) in [6.07, 6.45) is -0.219. The van der Waals surface area contributed by atoms with E-state index < -0.39 is 20.1 Å². The molecule has 0 bridgehead atoms. The molecule has 3 rings (SSSR count). The van der Waals surface area contributed by atoms with E-state index in [0.29, 0.717) is 6.42 Å². The summed E-state index contributed by atoms with van der Waals surface area (Å²) in [4.78, 5) is 38.3. The van der Waals surface area contributed by atoms with Crippen molar-refractivity contribution in [3.05, 3.63) is 66.2 Å². The van der Waals surface area contributed by atoms with Gasteiger partial charge in [0.2, 0.25) is 5.91 Å². The maximum absolute atomic E-state index is 13.2. The van der Waals surface area contributed by atoms with Gasteiger partial charge in [0.05, 0.1) is 14.1 Å². The lowest BCUT2D eigenvalue weighted by molar-refractivity contribution is -0.137. The summed E-state index contributed by atoms with van der Waals surface area (Å²) in [7, 11) is -2.28. The van der Waals surface area contributed by atoms with Crippen molar-refractivity contribution in [2.45, 2.75) is 43.9 Å². The molecule has 0 saturated carbocycles. The minimum atomic E-state index is -2.28. The van der Waals surface area contributed by atoms with Crippen molar-refractivity contribution in [2.75, 3.05) is 6.61 Å². The number of hydrogen-bond acceptors (Lipinski definition) is 4.